The van der Waals surface area contributed by atoms with E-state index in [0.717, 1.165) is 30.0 Å². The molecule has 4 rings (SSSR count). The number of hydrogen-bond donors (Lipinski definition) is 0. The summed E-state index contributed by atoms with van der Waals surface area (Å²) in [6.07, 6.45) is 0.0735. The molecule has 0 unspecified atom stereocenters. The molecule has 0 radical (unpaired) electrons. The summed E-state index contributed by atoms with van der Waals surface area (Å²) in [5, 5.41) is 0. The number of halogens is 1. The van der Waals surface area contributed by atoms with Crippen molar-refractivity contribution in [1.29, 1.82) is 0 Å². The lowest BCUT2D eigenvalue weighted by Crippen LogP contribution is -2.55. The van der Waals surface area contributed by atoms with Crippen LogP contribution in [-0.4, -0.2) is 67.4 Å². The Kier molecular flexibility index (Phi) is 6.20. The van der Waals surface area contributed by atoms with Crippen LogP contribution in [0.1, 0.15) is 30.1 Å². The second kappa shape index (κ2) is 8.93. The highest BCUT2D eigenvalue weighted by Crippen LogP contribution is 2.29. The second-order valence-corrected chi connectivity index (χ2v) is 9.93. The van der Waals surface area contributed by atoms with Gasteiger partial charge in [-0.1, -0.05) is 0 Å². The molecule has 0 saturated carbocycles. The van der Waals surface area contributed by atoms with Crippen molar-refractivity contribution in [3.63, 3.8) is 0 Å². The van der Waals surface area contributed by atoms with Crippen LogP contribution in [-0.2, 0) is 19.6 Å². The zero-order valence-electron chi connectivity index (χ0n) is 18.1. The van der Waals surface area contributed by atoms with Crippen molar-refractivity contribution in [3.05, 3.63) is 59.9 Å². The normalized spacial score (nSPS) is 19.2. The molecule has 0 N–H and O–H groups in total. The minimum absolute atomic E-state index is 0.0109. The maximum absolute atomic E-state index is 13.2. The predicted octanol–water partition coefficient (Wildman–Crippen LogP) is 2.06. The fourth-order valence-electron chi connectivity index (χ4n) is 4.21. The van der Waals surface area contributed by atoms with E-state index in [2.05, 4.69) is 4.90 Å². The molecule has 0 spiro atoms. The molecule has 2 aliphatic rings. The molecule has 0 aliphatic carbocycles. The van der Waals surface area contributed by atoms with Crippen LogP contribution in [0.5, 0.6) is 0 Å². The van der Waals surface area contributed by atoms with Crippen molar-refractivity contribution >= 4 is 33.3 Å². The zero-order chi connectivity index (χ0) is 23.8. The van der Waals surface area contributed by atoms with Crippen molar-refractivity contribution in [1.82, 2.24) is 9.21 Å². The Hall–Kier alpha value is -3.27. The second-order valence-electron chi connectivity index (χ2n) is 8.12. The lowest BCUT2D eigenvalue weighted by molar-refractivity contribution is -0.138. The Bertz CT molecular complexity index is 1170. The Balaban J connectivity index is 1.46. The number of amides is 2. The van der Waals surface area contributed by atoms with Gasteiger partial charge in [0.25, 0.3) is 10.0 Å². The zero-order valence-corrected chi connectivity index (χ0v) is 18.9. The summed E-state index contributed by atoms with van der Waals surface area (Å²) in [4.78, 5) is 40.5. The molecule has 2 aromatic carbocycles. The largest absolute Gasteiger partial charge is 0.368 e. The maximum Gasteiger partial charge on any atom is 0.267 e. The number of nitrogens with zero attached hydrogens (tertiary/aromatic N) is 3. The van der Waals surface area contributed by atoms with Gasteiger partial charge in [0.1, 0.15) is 11.9 Å². The third-order valence-electron chi connectivity index (χ3n) is 6.05. The molecule has 33 heavy (non-hydrogen) atoms. The van der Waals surface area contributed by atoms with Gasteiger partial charge in [-0.15, -0.1) is 0 Å². The van der Waals surface area contributed by atoms with Gasteiger partial charge in [0.15, 0.2) is 5.78 Å². The third kappa shape index (κ3) is 4.47. The Labute approximate surface area is 191 Å². The van der Waals surface area contributed by atoms with Crippen LogP contribution < -0.4 is 4.90 Å². The van der Waals surface area contributed by atoms with Gasteiger partial charge < -0.3 is 9.80 Å². The molecule has 2 saturated heterocycles. The average Bonchev–Trinajstić information content (AvgIpc) is 3.21. The average molecular weight is 474 g/mol. The lowest BCUT2D eigenvalue weighted by atomic mass is 10.1. The number of carbonyl (C=O) groups is 3. The minimum Gasteiger partial charge on any atom is -0.368 e. The van der Waals surface area contributed by atoms with Crippen LogP contribution in [0, 0.1) is 5.82 Å². The van der Waals surface area contributed by atoms with Gasteiger partial charge in [-0.05, 0) is 61.9 Å². The molecular weight excluding hydrogens is 449 g/mol. The topological polar surface area (TPSA) is 95.1 Å². The van der Waals surface area contributed by atoms with E-state index in [1.54, 1.807) is 17.0 Å². The molecule has 8 nitrogen and oxygen atoms in total. The van der Waals surface area contributed by atoms with Crippen LogP contribution in [0.25, 0.3) is 0 Å². The van der Waals surface area contributed by atoms with Gasteiger partial charge in [0.2, 0.25) is 11.8 Å². The molecule has 2 aliphatic heterocycles. The van der Waals surface area contributed by atoms with Gasteiger partial charge in [-0.3, -0.25) is 14.4 Å². The first-order chi connectivity index (χ1) is 15.7. The van der Waals surface area contributed by atoms with Crippen molar-refractivity contribution in [2.45, 2.75) is 30.7 Å². The number of sulfonamides is 1. The number of carbonyl (C=O) groups excluding carboxylic acids is 3. The first kappa shape index (κ1) is 22.9. The molecule has 2 heterocycles. The summed E-state index contributed by atoms with van der Waals surface area (Å²) in [5.41, 5.74) is 1.56. The minimum atomic E-state index is -4.27. The number of anilines is 1. The Morgan fingerprint density at radius 3 is 2.12 bits per heavy atom. The van der Waals surface area contributed by atoms with Gasteiger partial charge in [-0.2, -0.15) is 0 Å². The summed E-state index contributed by atoms with van der Waals surface area (Å²) >= 11 is 0. The van der Waals surface area contributed by atoms with E-state index in [-0.39, 0.29) is 23.5 Å². The van der Waals surface area contributed by atoms with Gasteiger partial charge in [0, 0.05) is 43.9 Å². The highest BCUT2D eigenvalue weighted by atomic mass is 32.2. The number of benzene rings is 2. The van der Waals surface area contributed by atoms with Crippen LogP contribution >= 0.6 is 0 Å². The molecule has 0 aromatic heterocycles. The molecule has 10 heteroatoms. The first-order valence-electron chi connectivity index (χ1n) is 10.7. The molecule has 2 fully saturated rings. The summed E-state index contributed by atoms with van der Waals surface area (Å²) in [5.74, 6) is -1.65. The van der Waals surface area contributed by atoms with Crippen LogP contribution in [0.3, 0.4) is 0 Å². The monoisotopic (exact) mass is 473 g/mol. The van der Waals surface area contributed by atoms with Gasteiger partial charge in [-0.25, -0.2) is 17.1 Å². The van der Waals surface area contributed by atoms with E-state index in [9.17, 15) is 27.2 Å². The SMILES string of the molecule is CC(=O)c1ccc(N2CCN(C(=O)[C@H]3CCC(=O)N3S(=O)(=O)c3ccc(F)cc3)CC2)cc1. The van der Waals surface area contributed by atoms with E-state index >= 15 is 0 Å². The molecular formula is C23H24FN3O5S. The molecule has 174 valence electrons. The number of Topliss-reactive ketones (excluding diaryl/α,β-unsaturated/α-hetero) is 1. The summed E-state index contributed by atoms with van der Waals surface area (Å²) in [7, 11) is -4.27. The summed E-state index contributed by atoms with van der Waals surface area (Å²) in [6.45, 7) is 3.34. The van der Waals surface area contributed by atoms with Gasteiger partial charge in [0.05, 0.1) is 4.90 Å². The van der Waals surface area contributed by atoms with E-state index in [4.69, 9.17) is 0 Å². The predicted molar refractivity (Wildman–Crippen MR) is 119 cm³/mol. The van der Waals surface area contributed by atoms with Crippen molar-refractivity contribution in [2.24, 2.45) is 0 Å². The third-order valence-corrected chi connectivity index (χ3v) is 7.89. The van der Waals surface area contributed by atoms with Crippen molar-refractivity contribution in [2.75, 3.05) is 31.1 Å². The van der Waals surface area contributed by atoms with Crippen LogP contribution in [0.15, 0.2) is 53.4 Å². The number of hydrogen-bond acceptors (Lipinski definition) is 6. The number of rotatable bonds is 5. The maximum atomic E-state index is 13.2. The van der Waals surface area contributed by atoms with E-state index in [1.807, 2.05) is 12.1 Å². The fraction of sp³-hybridized carbons (Fsp3) is 0.348. The smallest absolute Gasteiger partial charge is 0.267 e. The molecule has 0 bridgehead atoms. The molecule has 1 atom stereocenters. The van der Waals surface area contributed by atoms with E-state index < -0.39 is 33.7 Å². The van der Waals surface area contributed by atoms with Crippen molar-refractivity contribution in [3.8, 4) is 0 Å². The van der Waals surface area contributed by atoms with Gasteiger partial charge >= 0.3 is 0 Å². The first-order valence-corrected chi connectivity index (χ1v) is 12.1. The standard InChI is InChI=1S/C23H24FN3O5S/c1-16(28)17-2-6-19(7-3-17)25-12-14-26(15-13-25)23(30)21-10-11-22(29)27(21)33(31,32)20-8-4-18(24)5-9-20/h2-9,21H,10-15H2,1H3/t21-/m1/s1. The summed E-state index contributed by atoms with van der Waals surface area (Å²) in [6, 6.07) is 10.3. The van der Waals surface area contributed by atoms with Crippen LogP contribution in [0.4, 0.5) is 10.1 Å². The highest BCUT2D eigenvalue weighted by molar-refractivity contribution is 7.89. The number of ketones is 1. The number of piperazine rings is 1. The highest BCUT2D eigenvalue weighted by Gasteiger charge is 2.45. The quantitative estimate of drug-likeness (QED) is 0.617. The summed E-state index contributed by atoms with van der Waals surface area (Å²) < 4.78 is 40.0. The fourth-order valence-corrected chi connectivity index (χ4v) is 5.81. The lowest BCUT2D eigenvalue weighted by Gasteiger charge is -2.38. The van der Waals surface area contributed by atoms with Crippen LogP contribution in [0.2, 0.25) is 0 Å². The van der Waals surface area contributed by atoms with E-state index in [0.29, 0.717) is 36.0 Å². The molecule has 2 aromatic rings. The van der Waals surface area contributed by atoms with Crippen molar-refractivity contribution < 1.29 is 27.2 Å². The Morgan fingerprint density at radius 1 is 0.939 bits per heavy atom. The Morgan fingerprint density at radius 2 is 1.55 bits per heavy atom. The molecule has 2 amide bonds. The van der Waals surface area contributed by atoms with E-state index in [1.165, 1.54) is 6.92 Å².